The second-order valence-corrected chi connectivity index (χ2v) is 9.55. The van der Waals surface area contributed by atoms with Crippen LogP contribution in [0, 0.1) is 5.82 Å². The maximum absolute atomic E-state index is 15.1. The van der Waals surface area contributed by atoms with Gasteiger partial charge in [0.25, 0.3) is 11.8 Å². The highest BCUT2D eigenvalue weighted by molar-refractivity contribution is 5.89. The minimum absolute atomic E-state index is 0.0117. The summed E-state index contributed by atoms with van der Waals surface area (Å²) in [5.41, 5.74) is 2.51. The second kappa shape index (κ2) is 10.7. The molecule has 2 atom stereocenters. The molecule has 4 rings (SSSR count). The molecule has 0 saturated carbocycles. The number of hydrogen-bond acceptors (Lipinski definition) is 7. The first-order chi connectivity index (χ1) is 17.9. The van der Waals surface area contributed by atoms with E-state index in [-0.39, 0.29) is 30.1 Å². The molecule has 2 heterocycles. The van der Waals surface area contributed by atoms with Gasteiger partial charge in [-0.3, -0.25) is 15.1 Å². The predicted molar refractivity (Wildman–Crippen MR) is 127 cm³/mol. The van der Waals surface area contributed by atoms with Gasteiger partial charge in [-0.1, -0.05) is 24.3 Å². The monoisotopic (exact) mass is 535 g/mol. The number of carbonyl (C=O) groups excluding carboxylic acids is 2. The number of hydrazine groups is 1. The molecule has 3 aromatic rings. The summed E-state index contributed by atoms with van der Waals surface area (Å²) in [4.78, 5) is 26.9. The van der Waals surface area contributed by atoms with Crippen LogP contribution in [0.15, 0.2) is 52.9 Å². The van der Waals surface area contributed by atoms with Crippen molar-refractivity contribution < 1.29 is 36.3 Å². The lowest BCUT2D eigenvalue weighted by Gasteiger charge is -2.44. The quantitative estimate of drug-likeness (QED) is 0.331. The minimum Gasteiger partial charge on any atom is -0.444 e. The van der Waals surface area contributed by atoms with Crippen molar-refractivity contribution in [3.05, 3.63) is 65.8 Å². The van der Waals surface area contributed by atoms with E-state index in [4.69, 9.17) is 9.15 Å². The van der Waals surface area contributed by atoms with Gasteiger partial charge in [0.15, 0.2) is 0 Å². The number of nitrogens with one attached hydrogen (secondary N) is 1. The SMILES string of the molecule is CC(C)(C)OC(=O)N1CC(F)C1C(=O)N(Cc1ccc(-c2nnc(C(F)F)o2)cc1F)Nc1ccccc1. The van der Waals surface area contributed by atoms with Crippen LogP contribution in [0.1, 0.15) is 38.7 Å². The summed E-state index contributed by atoms with van der Waals surface area (Å²) in [6.07, 6.45) is -5.47. The molecule has 0 radical (unpaired) electrons. The Morgan fingerprint density at radius 3 is 2.47 bits per heavy atom. The number of para-hydroxylation sites is 1. The molecule has 13 heteroatoms. The fourth-order valence-electron chi connectivity index (χ4n) is 3.67. The number of anilines is 1. The number of alkyl halides is 3. The molecule has 1 aliphatic rings. The lowest BCUT2D eigenvalue weighted by molar-refractivity contribution is -0.146. The lowest BCUT2D eigenvalue weighted by atomic mass is 10.00. The van der Waals surface area contributed by atoms with Gasteiger partial charge < -0.3 is 9.15 Å². The highest BCUT2D eigenvalue weighted by Crippen LogP contribution is 2.29. The van der Waals surface area contributed by atoms with Crippen LogP contribution >= 0.6 is 0 Å². The van der Waals surface area contributed by atoms with E-state index in [1.165, 1.54) is 12.1 Å². The first kappa shape index (κ1) is 26.9. The van der Waals surface area contributed by atoms with Crippen LogP contribution in [0.2, 0.25) is 0 Å². The van der Waals surface area contributed by atoms with Crippen LogP contribution in [0.4, 0.5) is 28.0 Å². The van der Waals surface area contributed by atoms with E-state index < -0.39 is 47.9 Å². The van der Waals surface area contributed by atoms with Gasteiger partial charge in [0, 0.05) is 11.1 Å². The van der Waals surface area contributed by atoms with Gasteiger partial charge in [-0.05, 0) is 45.0 Å². The highest BCUT2D eigenvalue weighted by atomic mass is 19.3. The average Bonchev–Trinajstić information content (AvgIpc) is 3.33. The van der Waals surface area contributed by atoms with Crippen molar-refractivity contribution in [3.8, 4) is 11.5 Å². The zero-order valence-electron chi connectivity index (χ0n) is 20.7. The Labute approximate surface area is 215 Å². The van der Waals surface area contributed by atoms with E-state index in [1.807, 2.05) is 0 Å². The molecule has 2 unspecified atom stereocenters. The summed E-state index contributed by atoms with van der Waals surface area (Å²) in [6.45, 7) is 4.25. The number of carbonyl (C=O) groups is 2. The molecule has 0 aliphatic carbocycles. The number of aromatic nitrogens is 2. The van der Waals surface area contributed by atoms with Crippen LogP contribution in [-0.4, -0.2) is 56.5 Å². The third kappa shape index (κ3) is 6.03. The van der Waals surface area contributed by atoms with Crippen molar-refractivity contribution in [2.75, 3.05) is 12.0 Å². The minimum atomic E-state index is -2.98. The molecule has 2 aromatic carbocycles. The fraction of sp³-hybridized carbons (Fsp3) is 0.360. The maximum Gasteiger partial charge on any atom is 0.411 e. The molecule has 1 N–H and O–H groups in total. The average molecular weight is 535 g/mol. The van der Waals surface area contributed by atoms with Crippen LogP contribution < -0.4 is 5.43 Å². The first-order valence-electron chi connectivity index (χ1n) is 11.6. The smallest absolute Gasteiger partial charge is 0.411 e. The van der Waals surface area contributed by atoms with Crippen molar-refractivity contribution in [1.82, 2.24) is 20.1 Å². The van der Waals surface area contributed by atoms with Gasteiger partial charge >= 0.3 is 12.5 Å². The van der Waals surface area contributed by atoms with Gasteiger partial charge in [0.05, 0.1) is 18.8 Å². The van der Waals surface area contributed by atoms with Crippen LogP contribution in [0.25, 0.3) is 11.5 Å². The zero-order valence-corrected chi connectivity index (χ0v) is 20.7. The van der Waals surface area contributed by atoms with E-state index in [1.54, 1.807) is 51.1 Å². The molecule has 1 fully saturated rings. The summed E-state index contributed by atoms with van der Waals surface area (Å²) in [7, 11) is 0. The van der Waals surface area contributed by atoms with Crippen molar-refractivity contribution in [2.45, 2.75) is 51.6 Å². The Hall–Kier alpha value is -4.16. The van der Waals surface area contributed by atoms with E-state index in [0.29, 0.717) is 5.69 Å². The first-order valence-corrected chi connectivity index (χ1v) is 11.6. The molecule has 38 heavy (non-hydrogen) atoms. The third-order valence-corrected chi connectivity index (χ3v) is 5.49. The van der Waals surface area contributed by atoms with Crippen molar-refractivity contribution in [1.29, 1.82) is 0 Å². The molecule has 0 spiro atoms. The molecule has 1 saturated heterocycles. The number of rotatable bonds is 7. The number of nitrogens with zero attached hydrogens (tertiary/aromatic N) is 4. The zero-order chi connectivity index (χ0) is 27.6. The summed E-state index contributed by atoms with van der Waals surface area (Å²) in [5.74, 6) is -2.82. The van der Waals surface area contributed by atoms with Gasteiger partial charge in [0.2, 0.25) is 5.89 Å². The Bertz CT molecular complexity index is 1300. The molecule has 0 bridgehead atoms. The highest BCUT2D eigenvalue weighted by Gasteiger charge is 2.50. The maximum atomic E-state index is 15.1. The van der Waals surface area contributed by atoms with E-state index >= 15 is 4.39 Å². The molecule has 1 aromatic heterocycles. The number of amides is 2. The Morgan fingerprint density at radius 2 is 1.89 bits per heavy atom. The van der Waals surface area contributed by atoms with Crippen LogP contribution in [0.5, 0.6) is 0 Å². The van der Waals surface area contributed by atoms with Gasteiger partial charge in [-0.15, -0.1) is 10.2 Å². The lowest BCUT2D eigenvalue weighted by Crippen LogP contribution is -2.67. The van der Waals surface area contributed by atoms with Crippen molar-refractivity contribution >= 4 is 17.7 Å². The normalized spacial score (nSPS) is 17.2. The number of halogens is 4. The Kier molecular flexibility index (Phi) is 7.56. The standard InChI is InChI=1S/C25H25F4N5O4/c1-25(2,3)38-24(36)33-13-18(27)19(33)23(35)34(32-16-7-5-4-6-8-16)12-15-10-9-14(11-17(15)26)21-30-31-22(37-21)20(28)29/h4-11,18-20,32H,12-13H2,1-3H3. The predicted octanol–water partition coefficient (Wildman–Crippen LogP) is 5.13. The molecule has 2 amide bonds. The van der Waals surface area contributed by atoms with Gasteiger partial charge in [0.1, 0.15) is 23.6 Å². The third-order valence-electron chi connectivity index (χ3n) is 5.49. The number of likely N-dealkylation sites (tertiary alicyclic amines) is 1. The largest absolute Gasteiger partial charge is 0.444 e. The number of benzene rings is 2. The topological polar surface area (TPSA) is 101 Å². The van der Waals surface area contributed by atoms with Gasteiger partial charge in [-0.25, -0.2) is 18.6 Å². The molecule has 1 aliphatic heterocycles. The Morgan fingerprint density at radius 1 is 1.18 bits per heavy atom. The Balaban J connectivity index is 1.58. The van der Waals surface area contributed by atoms with E-state index in [2.05, 4.69) is 15.6 Å². The fourth-order valence-corrected chi connectivity index (χ4v) is 3.67. The summed E-state index contributed by atoms with van der Waals surface area (Å²) < 4.78 is 65.3. The number of hydrogen-bond donors (Lipinski definition) is 1. The second-order valence-electron chi connectivity index (χ2n) is 9.55. The van der Waals surface area contributed by atoms with Gasteiger partial charge in [-0.2, -0.15) is 8.78 Å². The molecule has 9 nitrogen and oxygen atoms in total. The van der Waals surface area contributed by atoms with E-state index in [9.17, 15) is 22.8 Å². The van der Waals surface area contributed by atoms with Crippen molar-refractivity contribution in [2.24, 2.45) is 0 Å². The summed E-state index contributed by atoms with van der Waals surface area (Å²) >= 11 is 0. The summed E-state index contributed by atoms with van der Waals surface area (Å²) in [6, 6.07) is 10.6. The molecular formula is C25H25F4N5O4. The summed E-state index contributed by atoms with van der Waals surface area (Å²) in [5, 5.41) is 7.71. The number of ether oxygens (including phenoxy) is 1. The molecule has 202 valence electrons. The van der Waals surface area contributed by atoms with E-state index in [0.717, 1.165) is 16.0 Å². The van der Waals surface area contributed by atoms with Crippen LogP contribution in [-0.2, 0) is 16.1 Å². The van der Waals surface area contributed by atoms with Crippen LogP contribution in [0.3, 0.4) is 0 Å². The van der Waals surface area contributed by atoms with Crippen molar-refractivity contribution in [3.63, 3.8) is 0 Å². The molecular weight excluding hydrogens is 510 g/mol.